The van der Waals surface area contributed by atoms with Gasteiger partial charge in [0.1, 0.15) is 0 Å². The molecule has 1 aromatic carbocycles. The van der Waals surface area contributed by atoms with Gasteiger partial charge in [0.15, 0.2) is 5.16 Å². The summed E-state index contributed by atoms with van der Waals surface area (Å²) in [7, 11) is 0. The van der Waals surface area contributed by atoms with Gasteiger partial charge in [-0.1, -0.05) is 35.5 Å². The highest BCUT2D eigenvalue weighted by Crippen LogP contribution is 2.33. The van der Waals surface area contributed by atoms with Crippen LogP contribution in [0.15, 0.2) is 41.8 Å². The van der Waals surface area contributed by atoms with Gasteiger partial charge in [-0.25, -0.2) is 4.98 Å². The lowest BCUT2D eigenvalue weighted by Crippen LogP contribution is -2.09. The first kappa shape index (κ1) is 11.5. The quantitative estimate of drug-likeness (QED) is 0.824. The van der Waals surface area contributed by atoms with Crippen LogP contribution in [-0.2, 0) is 0 Å². The van der Waals surface area contributed by atoms with Crippen molar-refractivity contribution in [1.29, 1.82) is 0 Å². The van der Waals surface area contributed by atoms with E-state index in [-0.39, 0.29) is 5.25 Å². The third-order valence-electron chi connectivity index (χ3n) is 2.16. The molecule has 1 unspecified atom stereocenters. The molecule has 0 fully saturated rings. The van der Waals surface area contributed by atoms with Gasteiger partial charge in [0.25, 0.3) is 0 Å². The zero-order valence-corrected chi connectivity index (χ0v) is 10.1. The minimum atomic E-state index is 0.171. The van der Waals surface area contributed by atoms with E-state index >= 15 is 0 Å². The van der Waals surface area contributed by atoms with Crippen LogP contribution in [0.3, 0.4) is 0 Å². The van der Waals surface area contributed by atoms with Crippen LogP contribution in [0.25, 0.3) is 0 Å². The summed E-state index contributed by atoms with van der Waals surface area (Å²) in [5, 5.41) is 1.77. The third kappa shape index (κ3) is 2.78. The minimum absolute atomic E-state index is 0.171. The van der Waals surface area contributed by atoms with Crippen LogP contribution in [0, 0.1) is 0 Å². The van der Waals surface area contributed by atoms with Gasteiger partial charge in [-0.05, 0) is 17.7 Å². The largest absolute Gasteiger partial charge is 0.340 e. The van der Waals surface area contributed by atoms with Crippen LogP contribution < -0.4 is 5.73 Å². The van der Waals surface area contributed by atoms with Crippen LogP contribution in [-0.4, -0.2) is 16.5 Å². The van der Waals surface area contributed by atoms with E-state index < -0.39 is 0 Å². The number of aromatic amines is 1. The molecule has 0 saturated carbocycles. The van der Waals surface area contributed by atoms with Gasteiger partial charge >= 0.3 is 0 Å². The Balaban J connectivity index is 2.16. The molecule has 2 rings (SSSR count). The summed E-state index contributed by atoms with van der Waals surface area (Å²) < 4.78 is 0. The van der Waals surface area contributed by atoms with Crippen LogP contribution in [0.2, 0.25) is 5.02 Å². The number of rotatable bonds is 4. The lowest BCUT2D eigenvalue weighted by Gasteiger charge is -2.13. The van der Waals surface area contributed by atoms with Crippen molar-refractivity contribution in [3.63, 3.8) is 0 Å². The Morgan fingerprint density at radius 1 is 1.50 bits per heavy atom. The first-order valence-electron chi connectivity index (χ1n) is 4.91. The average Bonchev–Trinajstić information content (AvgIpc) is 2.78. The Bertz CT molecular complexity index is 444. The molecule has 1 aromatic heterocycles. The zero-order chi connectivity index (χ0) is 11.4. The Morgan fingerprint density at radius 3 is 3.00 bits per heavy atom. The van der Waals surface area contributed by atoms with Crippen LogP contribution in [0.5, 0.6) is 0 Å². The number of hydrogen-bond acceptors (Lipinski definition) is 3. The lowest BCUT2D eigenvalue weighted by molar-refractivity contribution is 0.927. The van der Waals surface area contributed by atoms with Crippen LogP contribution in [0.1, 0.15) is 10.8 Å². The molecule has 1 atom stereocenters. The average molecular weight is 254 g/mol. The Hall–Kier alpha value is -0.970. The smallest absolute Gasteiger partial charge is 0.165 e. The van der Waals surface area contributed by atoms with Crippen molar-refractivity contribution in [3.8, 4) is 0 Å². The van der Waals surface area contributed by atoms with Crippen molar-refractivity contribution in [1.82, 2.24) is 9.97 Å². The number of hydrogen-bond donors (Lipinski definition) is 2. The molecule has 16 heavy (non-hydrogen) atoms. The number of nitrogens with two attached hydrogens (primary N) is 1. The fraction of sp³-hybridized carbons (Fsp3) is 0.182. The minimum Gasteiger partial charge on any atom is -0.340 e. The number of halogens is 1. The maximum absolute atomic E-state index is 5.95. The maximum Gasteiger partial charge on any atom is 0.165 e. The van der Waals surface area contributed by atoms with E-state index in [1.165, 1.54) is 0 Å². The first-order chi connectivity index (χ1) is 7.79. The second-order valence-corrected chi connectivity index (χ2v) is 4.92. The predicted molar refractivity (Wildman–Crippen MR) is 67.7 cm³/mol. The van der Waals surface area contributed by atoms with E-state index in [1.54, 1.807) is 24.2 Å². The predicted octanol–water partition coefficient (Wildman–Crippen LogP) is 2.86. The Labute approximate surface area is 103 Å². The fourth-order valence-corrected chi connectivity index (χ4v) is 2.51. The van der Waals surface area contributed by atoms with Crippen molar-refractivity contribution in [2.45, 2.75) is 10.4 Å². The first-order valence-corrected chi connectivity index (χ1v) is 6.17. The summed E-state index contributed by atoms with van der Waals surface area (Å²) in [5.41, 5.74) is 6.89. The van der Waals surface area contributed by atoms with Crippen LogP contribution in [0.4, 0.5) is 0 Å². The zero-order valence-electron chi connectivity index (χ0n) is 8.56. The Kier molecular flexibility index (Phi) is 3.88. The number of benzene rings is 1. The summed E-state index contributed by atoms with van der Waals surface area (Å²) >= 11 is 7.56. The number of nitrogens with one attached hydrogen (secondary N) is 1. The topological polar surface area (TPSA) is 54.7 Å². The summed E-state index contributed by atoms with van der Waals surface area (Å²) in [6.07, 6.45) is 3.53. The Morgan fingerprint density at radius 2 is 2.38 bits per heavy atom. The number of imidazole rings is 1. The standard InChI is InChI=1S/C11H12ClN3S/c12-9-3-1-2-8(6-9)10(7-13)16-11-14-4-5-15-11/h1-6,10H,7,13H2,(H,14,15). The highest BCUT2D eigenvalue weighted by molar-refractivity contribution is 7.99. The van der Waals surface area contributed by atoms with Crippen molar-refractivity contribution in [3.05, 3.63) is 47.2 Å². The summed E-state index contributed by atoms with van der Waals surface area (Å²) in [6, 6.07) is 7.76. The molecule has 3 N–H and O–H groups in total. The molecule has 0 amide bonds. The molecule has 0 aliphatic carbocycles. The normalized spacial score (nSPS) is 12.6. The molecule has 0 radical (unpaired) electrons. The maximum atomic E-state index is 5.95. The molecule has 0 bridgehead atoms. The molecule has 84 valence electrons. The van der Waals surface area contributed by atoms with Gasteiger partial charge < -0.3 is 10.7 Å². The van der Waals surface area contributed by atoms with Gasteiger partial charge in [-0.2, -0.15) is 0 Å². The highest BCUT2D eigenvalue weighted by Gasteiger charge is 2.12. The highest BCUT2D eigenvalue weighted by atomic mass is 35.5. The number of H-pyrrole nitrogens is 1. The summed E-state index contributed by atoms with van der Waals surface area (Å²) in [5.74, 6) is 0. The second kappa shape index (κ2) is 5.39. The molecule has 0 aliphatic rings. The summed E-state index contributed by atoms with van der Waals surface area (Å²) in [4.78, 5) is 7.22. The molecule has 3 nitrogen and oxygen atoms in total. The van der Waals surface area contributed by atoms with E-state index in [4.69, 9.17) is 17.3 Å². The number of nitrogens with zero attached hydrogens (tertiary/aromatic N) is 1. The second-order valence-electron chi connectivity index (χ2n) is 3.29. The SMILES string of the molecule is NCC(Sc1ncc[nH]1)c1cccc(Cl)c1. The van der Waals surface area contributed by atoms with E-state index in [0.717, 1.165) is 15.7 Å². The molecule has 0 saturated heterocycles. The van der Waals surface area contributed by atoms with Crippen LogP contribution >= 0.6 is 23.4 Å². The molecular weight excluding hydrogens is 242 g/mol. The van der Waals surface area contributed by atoms with Gasteiger partial charge in [0, 0.05) is 29.2 Å². The molecule has 0 aliphatic heterocycles. The van der Waals surface area contributed by atoms with E-state index in [2.05, 4.69) is 9.97 Å². The van der Waals surface area contributed by atoms with Gasteiger partial charge in [-0.3, -0.25) is 0 Å². The molecule has 2 aromatic rings. The molecule has 0 spiro atoms. The third-order valence-corrected chi connectivity index (χ3v) is 3.59. The fourth-order valence-electron chi connectivity index (χ4n) is 1.41. The van der Waals surface area contributed by atoms with Gasteiger partial charge in [0.05, 0.1) is 0 Å². The van der Waals surface area contributed by atoms with Crippen molar-refractivity contribution >= 4 is 23.4 Å². The van der Waals surface area contributed by atoms with Crippen molar-refractivity contribution < 1.29 is 0 Å². The summed E-state index contributed by atoms with van der Waals surface area (Å²) in [6.45, 7) is 0.547. The van der Waals surface area contributed by atoms with Crippen molar-refractivity contribution in [2.75, 3.05) is 6.54 Å². The molecule has 5 heteroatoms. The number of aromatic nitrogens is 2. The monoisotopic (exact) mass is 253 g/mol. The number of thioether (sulfide) groups is 1. The van der Waals surface area contributed by atoms with E-state index in [9.17, 15) is 0 Å². The van der Waals surface area contributed by atoms with Gasteiger partial charge in [-0.15, -0.1) is 0 Å². The van der Waals surface area contributed by atoms with E-state index in [1.807, 2.05) is 24.3 Å². The van der Waals surface area contributed by atoms with E-state index in [0.29, 0.717) is 6.54 Å². The molecule has 1 heterocycles. The van der Waals surface area contributed by atoms with Crippen molar-refractivity contribution in [2.24, 2.45) is 5.73 Å². The lowest BCUT2D eigenvalue weighted by atomic mass is 10.1. The van der Waals surface area contributed by atoms with Gasteiger partial charge in [0.2, 0.25) is 0 Å². The molecular formula is C11H12ClN3S.